The Balaban J connectivity index is 2.86. The molecule has 0 radical (unpaired) electrons. The van der Waals surface area contributed by atoms with E-state index in [4.69, 9.17) is 5.73 Å². The molecule has 0 aliphatic heterocycles. The van der Waals surface area contributed by atoms with E-state index in [0.29, 0.717) is 12.0 Å². The van der Waals surface area contributed by atoms with Crippen molar-refractivity contribution in [2.75, 3.05) is 0 Å². The van der Waals surface area contributed by atoms with Crippen LogP contribution in [-0.4, -0.2) is 17.9 Å². The van der Waals surface area contributed by atoms with Crippen LogP contribution in [0.2, 0.25) is 0 Å². The molecule has 0 spiro atoms. The lowest BCUT2D eigenvalue weighted by Crippen LogP contribution is -2.43. The number of rotatable bonds is 4. The van der Waals surface area contributed by atoms with Crippen molar-refractivity contribution in [1.29, 1.82) is 0 Å². The van der Waals surface area contributed by atoms with E-state index < -0.39 is 11.9 Å². The second-order valence-electron chi connectivity index (χ2n) is 4.21. The molecule has 2 amide bonds. The Morgan fingerprint density at radius 3 is 2.18 bits per heavy atom. The Hall–Kier alpha value is -1.84. The molecule has 1 rings (SSSR count). The lowest BCUT2D eigenvalue weighted by atomic mass is 10.1. The predicted octanol–water partition coefficient (Wildman–Crippen LogP) is 1.30. The number of benzene rings is 1. The van der Waals surface area contributed by atoms with Crippen molar-refractivity contribution in [1.82, 2.24) is 5.32 Å². The summed E-state index contributed by atoms with van der Waals surface area (Å²) in [4.78, 5) is 22.9. The quantitative estimate of drug-likeness (QED) is 0.824. The molecular formula is C13H18N2O2. The number of nitrogens with two attached hydrogens (primary N) is 1. The zero-order chi connectivity index (χ0) is 13.0. The molecule has 0 aromatic heterocycles. The minimum atomic E-state index is -0.608. The zero-order valence-electron chi connectivity index (χ0n) is 10.4. The summed E-state index contributed by atoms with van der Waals surface area (Å²) in [6.45, 7) is 5.65. The van der Waals surface area contributed by atoms with Crippen LogP contribution in [0.4, 0.5) is 0 Å². The smallest absolute Gasteiger partial charge is 0.251 e. The van der Waals surface area contributed by atoms with Gasteiger partial charge in [0, 0.05) is 5.56 Å². The molecule has 3 N–H and O–H groups in total. The fourth-order valence-corrected chi connectivity index (χ4v) is 1.72. The molecule has 0 saturated heterocycles. The van der Waals surface area contributed by atoms with Gasteiger partial charge in [0.25, 0.3) is 5.91 Å². The number of hydrogen-bond donors (Lipinski definition) is 2. The average molecular weight is 234 g/mol. The van der Waals surface area contributed by atoms with E-state index in [9.17, 15) is 9.59 Å². The first-order valence-electron chi connectivity index (χ1n) is 5.62. The fourth-order valence-electron chi connectivity index (χ4n) is 1.72. The van der Waals surface area contributed by atoms with Crippen LogP contribution in [-0.2, 0) is 4.79 Å². The maximum atomic E-state index is 11.9. The summed E-state index contributed by atoms with van der Waals surface area (Å²) in [6, 6.07) is 4.96. The molecule has 0 aliphatic rings. The number of nitrogens with one attached hydrogen (secondary N) is 1. The molecule has 0 heterocycles. The standard InChI is InChI=1S/C13H18N2O2/c1-4-11(12(14)16)15-13(17)10-6-8(2)5-9(3)7-10/h5-7,11H,4H2,1-3H3,(H2,14,16)(H,15,17)/t11-/m0/s1. The van der Waals surface area contributed by atoms with Crippen LogP contribution in [0.3, 0.4) is 0 Å². The van der Waals surface area contributed by atoms with Crippen molar-refractivity contribution >= 4 is 11.8 Å². The largest absolute Gasteiger partial charge is 0.368 e. The minimum Gasteiger partial charge on any atom is -0.368 e. The highest BCUT2D eigenvalue weighted by molar-refractivity contribution is 5.97. The number of carbonyl (C=O) groups excluding carboxylic acids is 2. The van der Waals surface area contributed by atoms with Crippen LogP contribution >= 0.6 is 0 Å². The van der Waals surface area contributed by atoms with Crippen LogP contribution in [0.25, 0.3) is 0 Å². The van der Waals surface area contributed by atoms with Gasteiger partial charge in [0.15, 0.2) is 0 Å². The number of amides is 2. The first-order chi connectivity index (χ1) is 7.93. The molecule has 0 unspecified atom stereocenters. The molecule has 0 saturated carbocycles. The minimum absolute atomic E-state index is 0.262. The van der Waals surface area contributed by atoms with Crippen molar-refractivity contribution in [3.63, 3.8) is 0 Å². The number of primary amides is 1. The van der Waals surface area contributed by atoms with Gasteiger partial charge in [-0.05, 0) is 32.4 Å². The molecule has 1 atom stereocenters. The Labute approximate surface area is 101 Å². The average Bonchev–Trinajstić information content (AvgIpc) is 2.23. The van der Waals surface area contributed by atoms with Crippen LogP contribution in [0.5, 0.6) is 0 Å². The molecule has 1 aromatic rings. The van der Waals surface area contributed by atoms with E-state index in [2.05, 4.69) is 5.32 Å². The van der Waals surface area contributed by atoms with Crippen LogP contribution in [0.15, 0.2) is 18.2 Å². The highest BCUT2D eigenvalue weighted by Gasteiger charge is 2.16. The van der Waals surface area contributed by atoms with E-state index in [0.717, 1.165) is 11.1 Å². The van der Waals surface area contributed by atoms with Gasteiger partial charge >= 0.3 is 0 Å². The molecule has 0 fully saturated rings. The van der Waals surface area contributed by atoms with Crippen molar-refractivity contribution in [2.45, 2.75) is 33.2 Å². The van der Waals surface area contributed by atoms with Gasteiger partial charge in [-0.25, -0.2) is 0 Å². The topological polar surface area (TPSA) is 72.2 Å². The second kappa shape index (κ2) is 5.48. The Morgan fingerprint density at radius 1 is 1.24 bits per heavy atom. The van der Waals surface area contributed by atoms with Gasteiger partial charge in [0.1, 0.15) is 6.04 Å². The van der Waals surface area contributed by atoms with Gasteiger partial charge in [-0.2, -0.15) is 0 Å². The maximum Gasteiger partial charge on any atom is 0.251 e. The third-order valence-electron chi connectivity index (χ3n) is 2.54. The highest BCUT2D eigenvalue weighted by atomic mass is 16.2. The Morgan fingerprint density at radius 2 is 1.76 bits per heavy atom. The number of aryl methyl sites for hydroxylation is 2. The van der Waals surface area contributed by atoms with E-state index in [-0.39, 0.29) is 5.91 Å². The van der Waals surface area contributed by atoms with Gasteiger partial charge in [-0.1, -0.05) is 24.1 Å². The summed E-state index contributed by atoms with van der Waals surface area (Å²) in [6.07, 6.45) is 0.492. The molecule has 4 nitrogen and oxygen atoms in total. The van der Waals surface area contributed by atoms with Gasteiger partial charge in [-0.3, -0.25) is 9.59 Å². The van der Waals surface area contributed by atoms with E-state index in [1.54, 1.807) is 19.1 Å². The van der Waals surface area contributed by atoms with Crippen LogP contribution in [0.1, 0.15) is 34.8 Å². The van der Waals surface area contributed by atoms with Gasteiger partial charge in [0.05, 0.1) is 0 Å². The third kappa shape index (κ3) is 3.59. The summed E-state index contributed by atoms with van der Waals surface area (Å²) < 4.78 is 0. The lowest BCUT2D eigenvalue weighted by molar-refractivity contribution is -0.119. The third-order valence-corrected chi connectivity index (χ3v) is 2.54. The first-order valence-corrected chi connectivity index (χ1v) is 5.62. The van der Waals surface area contributed by atoms with Crippen molar-refractivity contribution in [3.05, 3.63) is 34.9 Å². The summed E-state index contributed by atoms with van der Waals surface area (Å²) in [5.74, 6) is -0.771. The molecule has 17 heavy (non-hydrogen) atoms. The highest BCUT2D eigenvalue weighted by Crippen LogP contribution is 2.09. The van der Waals surface area contributed by atoms with E-state index >= 15 is 0 Å². The van der Waals surface area contributed by atoms with Crippen molar-refractivity contribution in [3.8, 4) is 0 Å². The molecule has 4 heteroatoms. The van der Waals surface area contributed by atoms with Crippen LogP contribution < -0.4 is 11.1 Å². The summed E-state index contributed by atoms with van der Waals surface area (Å²) >= 11 is 0. The summed E-state index contributed by atoms with van der Waals surface area (Å²) in [5, 5.41) is 2.62. The molecule has 0 aliphatic carbocycles. The zero-order valence-corrected chi connectivity index (χ0v) is 10.4. The van der Waals surface area contributed by atoms with Gasteiger partial charge < -0.3 is 11.1 Å². The Kier molecular flexibility index (Phi) is 4.26. The van der Waals surface area contributed by atoms with E-state index in [1.165, 1.54) is 0 Å². The number of hydrogen-bond acceptors (Lipinski definition) is 2. The van der Waals surface area contributed by atoms with E-state index in [1.807, 2.05) is 19.9 Å². The maximum absolute atomic E-state index is 11.9. The molecule has 0 bridgehead atoms. The van der Waals surface area contributed by atoms with Gasteiger partial charge in [-0.15, -0.1) is 0 Å². The molecular weight excluding hydrogens is 216 g/mol. The normalized spacial score (nSPS) is 11.9. The monoisotopic (exact) mass is 234 g/mol. The first kappa shape index (κ1) is 13.2. The lowest BCUT2D eigenvalue weighted by Gasteiger charge is -2.13. The SMILES string of the molecule is CC[C@H](NC(=O)c1cc(C)cc(C)c1)C(N)=O. The predicted molar refractivity (Wildman–Crippen MR) is 66.7 cm³/mol. The van der Waals surface area contributed by atoms with Crippen LogP contribution in [0, 0.1) is 13.8 Å². The second-order valence-corrected chi connectivity index (χ2v) is 4.21. The summed E-state index contributed by atoms with van der Waals surface area (Å²) in [7, 11) is 0. The number of carbonyl (C=O) groups is 2. The Bertz CT molecular complexity index is 421. The molecule has 92 valence electrons. The molecule has 1 aromatic carbocycles. The fraction of sp³-hybridized carbons (Fsp3) is 0.385. The summed E-state index contributed by atoms with van der Waals surface area (Å²) in [5.41, 5.74) is 7.77. The van der Waals surface area contributed by atoms with Crippen molar-refractivity contribution in [2.24, 2.45) is 5.73 Å². The van der Waals surface area contributed by atoms with Crippen molar-refractivity contribution < 1.29 is 9.59 Å². The van der Waals surface area contributed by atoms with Gasteiger partial charge in [0.2, 0.25) is 5.91 Å².